The highest BCUT2D eigenvalue weighted by Crippen LogP contribution is 2.23. The zero-order chi connectivity index (χ0) is 20.9. The largest absolute Gasteiger partial charge is 0.478 e. The van der Waals surface area contributed by atoms with E-state index < -0.39 is 16.0 Å². The molecule has 0 aliphatic rings. The van der Waals surface area contributed by atoms with Crippen molar-refractivity contribution in [2.24, 2.45) is 0 Å². The maximum Gasteiger partial charge on any atom is 0.335 e. The molecule has 0 aliphatic carbocycles. The van der Waals surface area contributed by atoms with Gasteiger partial charge < -0.3 is 5.11 Å². The molecule has 3 aromatic carbocycles. The van der Waals surface area contributed by atoms with Crippen molar-refractivity contribution in [3.63, 3.8) is 0 Å². The molecule has 3 rings (SSSR count). The maximum atomic E-state index is 13.3. The number of carbonyl (C=O) groups is 1. The van der Waals surface area contributed by atoms with Crippen molar-refractivity contribution in [2.75, 3.05) is 6.26 Å². The molecule has 0 spiro atoms. The molecule has 0 saturated carbocycles. The fourth-order valence-electron chi connectivity index (χ4n) is 2.87. The molecule has 0 aromatic heterocycles. The molecular formula is C22H21NO4S2. The topological polar surface area (TPSA) is 74.7 Å². The van der Waals surface area contributed by atoms with E-state index in [0.29, 0.717) is 0 Å². The number of hydrogen-bond donors (Lipinski definition) is 1. The van der Waals surface area contributed by atoms with Crippen LogP contribution in [0, 0.1) is 0 Å². The van der Waals surface area contributed by atoms with Gasteiger partial charge in [0.1, 0.15) is 0 Å². The van der Waals surface area contributed by atoms with Gasteiger partial charge >= 0.3 is 5.97 Å². The summed E-state index contributed by atoms with van der Waals surface area (Å²) >= 11 is 1.63. The summed E-state index contributed by atoms with van der Waals surface area (Å²) in [5.41, 5.74) is 1.80. The molecule has 0 heterocycles. The SMILES string of the molecule is CSc1ccc(CN(Cc2ccccc2)S(=O)(=O)c2ccc(C(=O)O)cc2)cc1. The minimum Gasteiger partial charge on any atom is -0.478 e. The van der Waals surface area contributed by atoms with Crippen LogP contribution in [0.5, 0.6) is 0 Å². The first-order chi connectivity index (χ1) is 13.9. The van der Waals surface area contributed by atoms with E-state index in [9.17, 15) is 13.2 Å². The zero-order valence-corrected chi connectivity index (χ0v) is 17.5. The van der Waals surface area contributed by atoms with Crippen molar-refractivity contribution in [1.29, 1.82) is 0 Å². The molecule has 3 aromatic rings. The van der Waals surface area contributed by atoms with Gasteiger partial charge in [0.05, 0.1) is 10.5 Å². The maximum absolute atomic E-state index is 13.3. The van der Waals surface area contributed by atoms with Crippen molar-refractivity contribution in [3.05, 3.63) is 95.6 Å². The average molecular weight is 428 g/mol. The summed E-state index contributed by atoms with van der Waals surface area (Å²) in [6, 6.07) is 22.5. The summed E-state index contributed by atoms with van der Waals surface area (Å²) in [5.74, 6) is -1.09. The standard InChI is InChI=1S/C22H21NO4S2/c1-28-20-11-7-18(8-12-20)16-23(15-17-5-3-2-4-6-17)29(26,27)21-13-9-19(10-14-21)22(24)25/h2-14H,15-16H2,1H3,(H,24,25). The number of sulfonamides is 1. The highest BCUT2D eigenvalue weighted by Gasteiger charge is 2.25. The number of carboxylic acids is 1. The third kappa shape index (κ3) is 5.26. The highest BCUT2D eigenvalue weighted by molar-refractivity contribution is 7.98. The normalized spacial score (nSPS) is 11.5. The van der Waals surface area contributed by atoms with Crippen molar-refractivity contribution < 1.29 is 18.3 Å². The first kappa shape index (κ1) is 21.1. The lowest BCUT2D eigenvalue weighted by Crippen LogP contribution is -2.30. The lowest BCUT2D eigenvalue weighted by Gasteiger charge is -2.23. The van der Waals surface area contributed by atoms with Gasteiger partial charge in [0.25, 0.3) is 0 Å². The van der Waals surface area contributed by atoms with Gasteiger partial charge in [0.2, 0.25) is 10.0 Å². The van der Waals surface area contributed by atoms with Gasteiger partial charge in [-0.15, -0.1) is 11.8 Å². The van der Waals surface area contributed by atoms with Crippen LogP contribution in [0.3, 0.4) is 0 Å². The first-order valence-corrected chi connectivity index (χ1v) is 11.6. The fraction of sp³-hybridized carbons (Fsp3) is 0.136. The van der Waals surface area contributed by atoms with Crippen molar-refractivity contribution in [3.8, 4) is 0 Å². The van der Waals surface area contributed by atoms with Gasteiger partial charge in [0, 0.05) is 18.0 Å². The van der Waals surface area contributed by atoms with Crippen LogP contribution in [-0.4, -0.2) is 30.1 Å². The summed E-state index contributed by atoms with van der Waals surface area (Å²) in [5, 5.41) is 9.06. The van der Waals surface area contributed by atoms with Gasteiger partial charge in [-0.25, -0.2) is 13.2 Å². The molecule has 29 heavy (non-hydrogen) atoms. The van der Waals surface area contributed by atoms with Gasteiger partial charge in [-0.2, -0.15) is 4.31 Å². The number of benzene rings is 3. The summed E-state index contributed by atoms with van der Waals surface area (Å²) in [7, 11) is -3.82. The Morgan fingerprint density at radius 2 is 1.41 bits per heavy atom. The molecule has 0 unspecified atom stereocenters. The minimum atomic E-state index is -3.82. The Morgan fingerprint density at radius 1 is 0.862 bits per heavy atom. The number of nitrogens with zero attached hydrogens (tertiary/aromatic N) is 1. The van der Waals surface area contributed by atoms with E-state index in [1.54, 1.807) is 11.8 Å². The van der Waals surface area contributed by atoms with Crippen LogP contribution in [0.4, 0.5) is 0 Å². The number of hydrogen-bond acceptors (Lipinski definition) is 4. The summed E-state index contributed by atoms with van der Waals surface area (Å²) < 4.78 is 28.0. The molecule has 1 N–H and O–H groups in total. The Hall–Kier alpha value is -2.61. The first-order valence-electron chi connectivity index (χ1n) is 8.90. The molecule has 0 bridgehead atoms. The van der Waals surface area contributed by atoms with E-state index in [1.165, 1.54) is 28.6 Å². The molecule has 150 valence electrons. The third-order valence-electron chi connectivity index (χ3n) is 4.46. The van der Waals surface area contributed by atoms with E-state index in [1.807, 2.05) is 60.9 Å². The molecule has 0 atom stereocenters. The van der Waals surface area contributed by atoms with Crippen LogP contribution in [-0.2, 0) is 23.1 Å². The highest BCUT2D eigenvalue weighted by atomic mass is 32.2. The Kier molecular flexibility index (Phi) is 6.74. The van der Waals surface area contributed by atoms with Crippen molar-refractivity contribution >= 4 is 27.8 Å². The van der Waals surface area contributed by atoms with E-state index >= 15 is 0 Å². The lowest BCUT2D eigenvalue weighted by atomic mass is 10.2. The smallest absolute Gasteiger partial charge is 0.335 e. The quantitative estimate of drug-likeness (QED) is 0.536. The number of aromatic carboxylic acids is 1. The number of carboxylic acid groups (broad SMARTS) is 1. The van der Waals surface area contributed by atoms with E-state index in [2.05, 4.69) is 0 Å². The third-order valence-corrected chi connectivity index (χ3v) is 7.01. The molecule has 0 radical (unpaired) electrons. The number of rotatable bonds is 8. The van der Waals surface area contributed by atoms with Crippen molar-refractivity contribution in [1.82, 2.24) is 4.31 Å². The zero-order valence-electron chi connectivity index (χ0n) is 15.9. The molecule has 0 saturated heterocycles. The predicted molar refractivity (Wildman–Crippen MR) is 114 cm³/mol. The van der Waals surface area contributed by atoms with Crippen molar-refractivity contribution in [2.45, 2.75) is 22.9 Å². The van der Waals surface area contributed by atoms with Crippen LogP contribution < -0.4 is 0 Å². The van der Waals surface area contributed by atoms with Crippen LogP contribution in [0.25, 0.3) is 0 Å². The Bertz CT molecular complexity index is 1060. The molecule has 7 heteroatoms. The van der Waals surface area contributed by atoms with Crippen LogP contribution >= 0.6 is 11.8 Å². The molecular weight excluding hydrogens is 406 g/mol. The van der Waals surface area contributed by atoms with E-state index in [0.717, 1.165) is 16.0 Å². The predicted octanol–water partition coefficient (Wildman–Crippen LogP) is 4.50. The second kappa shape index (κ2) is 9.26. The molecule has 0 aliphatic heterocycles. The molecule has 5 nitrogen and oxygen atoms in total. The summed E-state index contributed by atoms with van der Waals surface area (Å²) in [6.07, 6.45) is 1.99. The van der Waals surface area contributed by atoms with Crippen LogP contribution in [0.15, 0.2) is 88.7 Å². The Labute approximate surface area is 175 Å². The Balaban J connectivity index is 1.94. The summed E-state index contributed by atoms with van der Waals surface area (Å²) in [6.45, 7) is 0.431. The van der Waals surface area contributed by atoms with Crippen LogP contribution in [0.2, 0.25) is 0 Å². The Morgan fingerprint density at radius 3 is 1.93 bits per heavy atom. The second-order valence-corrected chi connectivity index (χ2v) is 9.25. The second-order valence-electron chi connectivity index (χ2n) is 6.44. The van der Waals surface area contributed by atoms with Gasteiger partial charge in [0.15, 0.2) is 0 Å². The molecule has 0 amide bonds. The van der Waals surface area contributed by atoms with Crippen LogP contribution in [0.1, 0.15) is 21.5 Å². The minimum absolute atomic E-state index is 0.0474. The summed E-state index contributed by atoms with van der Waals surface area (Å²) in [4.78, 5) is 12.2. The van der Waals surface area contributed by atoms with E-state index in [-0.39, 0.29) is 23.5 Å². The van der Waals surface area contributed by atoms with E-state index in [4.69, 9.17) is 5.11 Å². The average Bonchev–Trinajstić information content (AvgIpc) is 2.74. The lowest BCUT2D eigenvalue weighted by molar-refractivity contribution is 0.0696. The fourth-order valence-corrected chi connectivity index (χ4v) is 4.69. The van der Waals surface area contributed by atoms with Gasteiger partial charge in [-0.3, -0.25) is 0 Å². The molecule has 0 fully saturated rings. The van der Waals surface area contributed by atoms with Gasteiger partial charge in [-0.1, -0.05) is 42.5 Å². The monoisotopic (exact) mass is 427 g/mol. The van der Waals surface area contributed by atoms with Gasteiger partial charge in [-0.05, 0) is 53.8 Å². The number of thioether (sulfide) groups is 1.